The molecule has 0 fully saturated rings. The van der Waals surface area contributed by atoms with Crippen molar-refractivity contribution >= 4 is 27.3 Å². The van der Waals surface area contributed by atoms with Crippen LogP contribution in [0.3, 0.4) is 0 Å². The number of halogens is 2. The maximum absolute atomic E-state index is 13.2. The molecule has 0 spiro atoms. The number of nitriles is 1. The van der Waals surface area contributed by atoms with Crippen molar-refractivity contribution in [3.63, 3.8) is 0 Å². The van der Waals surface area contributed by atoms with Crippen LogP contribution >= 0.6 is 15.9 Å². The zero-order valence-corrected chi connectivity index (χ0v) is 12.0. The van der Waals surface area contributed by atoms with Gasteiger partial charge in [-0.25, -0.2) is 4.39 Å². The lowest BCUT2D eigenvalue weighted by molar-refractivity contribution is 0.626. The van der Waals surface area contributed by atoms with E-state index in [1.165, 1.54) is 12.1 Å². The summed E-state index contributed by atoms with van der Waals surface area (Å²) in [6, 6.07) is 14.1. The summed E-state index contributed by atoms with van der Waals surface area (Å²) >= 11 is 3.37. The quantitative estimate of drug-likeness (QED) is 0.786. The number of alkyl halides is 1. The average Bonchev–Trinajstić information content (AvgIpc) is 2.46. The minimum Gasteiger partial charge on any atom is -0.344 e. The molecule has 2 rings (SSSR count). The topological polar surface area (TPSA) is 27.0 Å². The van der Waals surface area contributed by atoms with Crippen LogP contribution in [0.2, 0.25) is 0 Å². The SMILES string of the molecule is CN(c1ccc(C#N)cc1)c1ccc(F)cc1CBr. The molecule has 4 heteroatoms. The van der Waals surface area contributed by atoms with Crippen molar-refractivity contribution in [3.8, 4) is 6.07 Å². The van der Waals surface area contributed by atoms with Crippen molar-refractivity contribution in [2.45, 2.75) is 5.33 Å². The summed E-state index contributed by atoms with van der Waals surface area (Å²) in [5.41, 5.74) is 3.39. The fourth-order valence-electron chi connectivity index (χ4n) is 1.89. The summed E-state index contributed by atoms with van der Waals surface area (Å²) in [6.45, 7) is 0. The van der Waals surface area contributed by atoms with E-state index in [0.717, 1.165) is 16.9 Å². The van der Waals surface area contributed by atoms with Crippen molar-refractivity contribution in [3.05, 3.63) is 59.4 Å². The van der Waals surface area contributed by atoms with E-state index in [4.69, 9.17) is 5.26 Å². The van der Waals surface area contributed by atoms with Crippen LogP contribution in [0, 0.1) is 17.1 Å². The molecule has 19 heavy (non-hydrogen) atoms. The molecule has 0 aliphatic carbocycles. The average molecular weight is 319 g/mol. The predicted molar refractivity (Wildman–Crippen MR) is 78.3 cm³/mol. The van der Waals surface area contributed by atoms with Crippen molar-refractivity contribution in [2.24, 2.45) is 0 Å². The molecule has 2 aromatic rings. The van der Waals surface area contributed by atoms with Gasteiger partial charge < -0.3 is 4.90 Å². The van der Waals surface area contributed by atoms with Crippen molar-refractivity contribution in [1.29, 1.82) is 5.26 Å². The van der Waals surface area contributed by atoms with Crippen LogP contribution in [0.25, 0.3) is 0 Å². The molecule has 0 heterocycles. The molecule has 2 aromatic carbocycles. The Hall–Kier alpha value is -1.86. The summed E-state index contributed by atoms with van der Waals surface area (Å²) < 4.78 is 13.2. The smallest absolute Gasteiger partial charge is 0.123 e. The lowest BCUT2D eigenvalue weighted by atomic mass is 10.1. The highest BCUT2D eigenvalue weighted by Gasteiger charge is 2.09. The molecule has 0 aliphatic rings. The molecule has 2 nitrogen and oxygen atoms in total. The van der Waals surface area contributed by atoms with E-state index >= 15 is 0 Å². The molecular weight excluding hydrogens is 307 g/mol. The highest BCUT2D eigenvalue weighted by atomic mass is 79.9. The van der Waals surface area contributed by atoms with Gasteiger partial charge in [-0.15, -0.1) is 0 Å². The maximum Gasteiger partial charge on any atom is 0.123 e. The molecule has 0 saturated carbocycles. The van der Waals surface area contributed by atoms with Crippen LogP contribution < -0.4 is 4.90 Å². The maximum atomic E-state index is 13.2. The highest BCUT2D eigenvalue weighted by Crippen LogP contribution is 2.29. The zero-order valence-electron chi connectivity index (χ0n) is 10.4. The van der Waals surface area contributed by atoms with Crippen LogP contribution in [-0.4, -0.2) is 7.05 Å². The van der Waals surface area contributed by atoms with E-state index in [-0.39, 0.29) is 5.82 Å². The third kappa shape index (κ3) is 2.94. The van der Waals surface area contributed by atoms with Gasteiger partial charge in [-0.3, -0.25) is 0 Å². The van der Waals surface area contributed by atoms with Gasteiger partial charge in [-0.2, -0.15) is 5.26 Å². The number of anilines is 2. The third-order valence-corrected chi connectivity index (χ3v) is 3.53. The van der Waals surface area contributed by atoms with Crippen molar-refractivity contribution < 1.29 is 4.39 Å². The predicted octanol–water partition coefficient (Wildman–Crippen LogP) is 4.36. The monoisotopic (exact) mass is 318 g/mol. The van der Waals surface area contributed by atoms with E-state index in [1.807, 2.05) is 24.1 Å². The Morgan fingerprint density at radius 1 is 1.21 bits per heavy atom. The molecule has 0 amide bonds. The molecule has 0 bridgehead atoms. The zero-order chi connectivity index (χ0) is 13.8. The van der Waals surface area contributed by atoms with Crippen LogP contribution in [-0.2, 0) is 5.33 Å². The van der Waals surface area contributed by atoms with E-state index in [9.17, 15) is 4.39 Å². The standard InChI is InChI=1S/C15H12BrFN2/c1-19(14-5-2-11(10-18)3-6-14)15-7-4-13(17)8-12(15)9-16/h2-8H,9H2,1H3. The number of nitrogens with zero attached hydrogens (tertiary/aromatic N) is 2. The van der Waals surface area contributed by atoms with Crippen molar-refractivity contribution in [1.82, 2.24) is 0 Å². The largest absolute Gasteiger partial charge is 0.344 e. The molecule has 0 aliphatic heterocycles. The van der Waals surface area contributed by atoms with Gasteiger partial charge in [0.2, 0.25) is 0 Å². The van der Waals surface area contributed by atoms with Crippen LogP contribution in [0.4, 0.5) is 15.8 Å². The van der Waals surface area contributed by atoms with Gasteiger partial charge in [-0.05, 0) is 48.0 Å². The number of benzene rings is 2. The second-order valence-electron chi connectivity index (χ2n) is 4.12. The van der Waals surface area contributed by atoms with E-state index in [2.05, 4.69) is 22.0 Å². The Bertz CT molecular complexity index is 617. The van der Waals surface area contributed by atoms with Crippen LogP contribution in [0.5, 0.6) is 0 Å². The van der Waals surface area contributed by atoms with Gasteiger partial charge in [0.25, 0.3) is 0 Å². The molecule has 0 unspecified atom stereocenters. The second kappa shape index (κ2) is 5.85. The molecule has 0 saturated heterocycles. The van der Waals surface area contributed by atoms with Gasteiger partial charge in [-0.1, -0.05) is 15.9 Å². The summed E-state index contributed by atoms with van der Waals surface area (Å²) in [4.78, 5) is 1.97. The van der Waals surface area contributed by atoms with E-state index < -0.39 is 0 Å². The van der Waals surface area contributed by atoms with Crippen molar-refractivity contribution in [2.75, 3.05) is 11.9 Å². The Morgan fingerprint density at radius 3 is 2.47 bits per heavy atom. The molecule has 0 aromatic heterocycles. The number of hydrogen-bond donors (Lipinski definition) is 0. The van der Waals surface area contributed by atoms with Gasteiger partial charge in [0.05, 0.1) is 11.6 Å². The molecule has 0 N–H and O–H groups in total. The molecule has 96 valence electrons. The third-order valence-electron chi connectivity index (χ3n) is 2.93. The minimum absolute atomic E-state index is 0.244. The molecular formula is C15H12BrFN2. The summed E-state index contributed by atoms with van der Waals surface area (Å²) in [6.07, 6.45) is 0. The van der Waals surface area contributed by atoms with Crippen LogP contribution in [0.15, 0.2) is 42.5 Å². The van der Waals surface area contributed by atoms with Crippen LogP contribution in [0.1, 0.15) is 11.1 Å². The van der Waals surface area contributed by atoms with Gasteiger partial charge in [0.1, 0.15) is 5.82 Å². The first-order valence-electron chi connectivity index (χ1n) is 5.74. The second-order valence-corrected chi connectivity index (χ2v) is 4.69. The first-order chi connectivity index (χ1) is 9.15. The normalized spacial score (nSPS) is 10.0. The summed E-state index contributed by atoms with van der Waals surface area (Å²) in [5.74, 6) is -0.244. The van der Waals surface area contributed by atoms with Gasteiger partial charge in [0.15, 0.2) is 0 Å². The Balaban J connectivity index is 2.38. The highest BCUT2D eigenvalue weighted by molar-refractivity contribution is 9.08. The molecule has 0 radical (unpaired) electrons. The minimum atomic E-state index is -0.244. The number of hydrogen-bond acceptors (Lipinski definition) is 2. The number of rotatable bonds is 3. The Morgan fingerprint density at radius 2 is 1.89 bits per heavy atom. The summed E-state index contributed by atoms with van der Waals surface area (Å²) in [7, 11) is 1.92. The van der Waals surface area contributed by atoms with Gasteiger partial charge in [0, 0.05) is 23.8 Å². The van der Waals surface area contributed by atoms with E-state index in [1.54, 1.807) is 18.2 Å². The lowest BCUT2D eigenvalue weighted by Gasteiger charge is -2.22. The first kappa shape index (κ1) is 13.6. The molecule has 0 atom stereocenters. The fourth-order valence-corrected chi connectivity index (χ4v) is 2.34. The lowest BCUT2D eigenvalue weighted by Crippen LogP contribution is -2.11. The van der Waals surface area contributed by atoms with E-state index in [0.29, 0.717) is 10.9 Å². The fraction of sp³-hybridized carbons (Fsp3) is 0.133. The first-order valence-corrected chi connectivity index (χ1v) is 6.86. The Kier molecular flexibility index (Phi) is 4.18. The van der Waals surface area contributed by atoms with Gasteiger partial charge >= 0.3 is 0 Å². The Labute approximate surface area is 120 Å². The summed E-state index contributed by atoms with van der Waals surface area (Å²) in [5, 5.41) is 9.37.